The van der Waals surface area contributed by atoms with Gasteiger partial charge in [-0.05, 0) is 24.3 Å². The standard InChI is InChI=1S/C22H19N3O2S/c1-27-19-9-5-8-18(14-19)24-21(26)12-13-28-22-17(15-23)10-11-20(25-22)16-6-3-2-4-7-16/h2-11,14H,12-13H2,1H3,(H,24,26). The Balaban J connectivity index is 1.62. The van der Waals surface area contributed by atoms with Gasteiger partial charge in [0.25, 0.3) is 0 Å². The van der Waals surface area contributed by atoms with E-state index in [2.05, 4.69) is 16.4 Å². The molecule has 5 nitrogen and oxygen atoms in total. The van der Waals surface area contributed by atoms with Crippen LogP contribution in [0.5, 0.6) is 5.75 Å². The Morgan fingerprint density at radius 1 is 1.14 bits per heavy atom. The lowest BCUT2D eigenvalue weighted by Crippen LogP contribution is -2.12. The van der Waals surface area contributed by atoms with Crippen molar-refractivity contribution in [3.63, 3.8) is 0 Å². The zero-order valence-corrected chi connectivity index (χ0v) is 16.2. The maximum atomic E-state index is 12.2. The highest BCUT2D eigenvalue weighted by atomic mass is 32.2. The fourth-order valence-corrected chi connectivity index (χ4v) is 3.48. The average molecular weight is 389 g/mol. The molecule has 140 valence electrons. The van der Waals surface area contributed by atoms with Crippen molar-refractivity contribution in [3.8, 4) is 23.1 Å². The molecule has 0 saturated carbocycles. The van der Waals surface area contributed by atoms with Gasteiger partial charge in [0.1, 0.15) is 16.8 Å². The van der Waals surface area contributed by atoms with Gasteiger partial charge < -0.3 is 10.1 Å². The average Bonchev–Trinajstić information content (AvgIpc) is 2.74. The Labute approximate surface area is 168 Å². The first-order chi connectivity index (χ1) is 13.7. The quantitative estimate of drug-likeness (QED) is 0.590. The first kappa shape index (κ1) is 19.5. The summed E-state index contributed by atoms with van der Waals surface area (Å²) in [5, 5.41) is 12.8. The number of ether oxygens (including phenoxy) is 1. The van der Waals surface area contributed by atoms with E-state index >= 15 is 0 Å². The smallest absolute Gasteiger partial charge is 0.225 e. The molecule has 1 N–H and O–H groups in total. The molecule has 0 bridgehead atoms. The molecule has 0 atom stereocenters. The minimum atomic E-state index is -0.0986. The number of nitriles is 1. The van der Waals surface area contributed by atoms with E-state index in [-0.39, 0.29) is 5.91 Å². The van der Waals surface area contributed by atoms with Crippen LogP contribution in [0, 0.1) is 11.3 Å². The minimum Gasteiger partial charge on any atom is -0.497 e. The first-order valence-corrected chi connectivity index (χ1v) is 9.71. The molecule has 0 spiro atoms. The van der Waals surface area contributed by atoms with E-state index in [1.165, 1.54) is 11.8 Å². The Kier molecular flexibility index (Phi) is 6.66. The molecule has 6 heteroatoms. The van der Waals surface area contributed by atoms with Gasteiger partial charge in [0.2, 0.25) is 5.91 Å². The van der Waals surface area contributed by atoms with Gasteiger partial charge in [0.05, 0.1) is 18.4 Å². The Morgan fingerprint density at radius 3 is 2.71 bits per heavy atom. The number of hydrogen-bond donors (Lipinski definition) is 1. The Hall–Kier alpha value is -3.30. The van der Waals surface area contributed by atoms with E-state index < -0.39 is 0 Å². The number of pyridine rings is 1. The number of carbonyl (C=O) groups excluding carboxylic acids is 1. The number of benzene rings is 2. The van der Waals surface area contributed by atoms with E-state index in [1.807, 2.05) is 54.6 Å². The molecule has 0 fully saturated rings. The molecule has 28 heavy (non-hydrogen) atoms. The largest absolute Gasteiger partial charge is 0.497 e. The fraction of sp³-hybridized carbons (Fsp3) is 0.136. The third kappa shape index (κ3) is 5.12. The second-order valence-electron chi connectivity index (χ2n) is 5.91. The van der Waals surface area contributed by atoms with Crippen molar-refractivity contribution in [1.82, 2.24) is 4.98 Å². The van der Waals surface area contributed by atoms with Crippen LogP contribution in [0.2, 0.25) is 0 Å². The van der Waals surface area contributed by atoms with Gasteiger partial charge in [-0.25, -0.2) is 4.98 Å². The van der Waals surface area contributed by atoms with Gasteiger partial charge in [-0.15, -0.1) is 11.8 Å². The number of hydrogen-bond acceptors (Lipinski definition) is 5. The number of amides is 1. The van der Waals surface area contributed by atoms with Crippen LogP contribution in [-0.4, -0.2) is 23.8 Å². The normalized spacial score (nSPS) is 10.1. The van der Waals surface area contributed by atoms with Crippen LogP contribution in [0.15, 0.2) is 71.8 Å². The van der Waals surface area contributed by atoms with E-state index in [0.717, 1.165) is 11.3 Å². The van der Waals surface area contributed by atoms with Crippen molar-refractivity contribution in [2.75, 3.05) is 18.2 Å². The topological polar surface area (TPSA) is 75.0 Å². The number of carbonyl (C=O) groups is 1. The van der Waals surface area contributed by atoms with Crippen LogP contribution < -0.4 is 10.1 Å². The molecule has 1 amide bonds. The van der Waals surface area contributed by atoms with Gasteiger partial charge in [-0.3, -0.25) is 4.79 Å². The number of rotatable bonds is 7. The molecule has 1 heterocycles. The molecule has 0 saturated heterocycles. The molecular weight excluding hydrogens is 370 g/mol. The number of nitrogens with zero attached hydrogens (tertiary/aromatic N) is 2. The molecule has 3 rings (SSSR count). The molecule has 0 aliphatic heterocycles. The number of methoxy groups -OCH3 is 1. The predicted octanol–water partition coefficient (Wildman–Crippen LogP) is 4.75. The lowest BCUT2D eigenvalue weighted by atomic mass is 10.1. The summed E-state index contributed by atoms with van der Waals surface area (Å²) >= 11 is 1.41. The monoisotopic (exact) mass is 389 g/mol. The van der Waals surface area contributed by atoms with Crippen LogP contribution >= 0.6 is 11.8 Å². The summed E-state index contributed by atoms with van der Waals surface area (Å²) in [6.45, 7) is 0. The molecule has 2 aromatic carbocycles. The van der Waals surface area contributed by atoms with E-state index in [1.54, 1.807) is 19.2 Å². The molecule has 0 unspecified atom stereocenters. The zero-order chi connectivity index (χ0) is 19.8. The fourth-order valence-electron chi connectivity index (χ4n) is 2.57. The Bertz CT molecular complexity index is 1000. The van der Waals surface area contributed by atoms with Crippen molar-refractivity contribution in [1.29, 1.82) is 5.26 Å². The summed E-state index contributed by atoms with van der Waals surface area (Å²) < 4.78 is 5.15. The number of nitrogens with one attached hydrogen (secondary N) is 1. The van der Waals surface area contributed by atoms with Crippen LogP contribution in [-0.2, 0) is 4.79 Å². The maximum absolute atomic E-state index is 12.2. The SMILES string of the molecule is COc1cccc(NC(=O)CCSc2nc(-c3ccccc3)ccc2C#N)c1. The van der Waals surface area contributed by atoms with E-state index in [9.17, 15) is 10.1 Å². The number of aromatic nitrogens is 1. The van der Waals surface area contributed by atoms with Crippen LogP contribution in [0.3, 0.4) is 0 Å². The van der Waals surface area contributed by atoms with E-state index in [0.29, 0.717) is 34.2 Å². The van der Waals surface area contributed by atoms with Crippen molar-refractivity contribution >= 4 is 23.4 Å². The summed E-state index contributed by atoms with van der Waals surface area (Å²) in [4.78, 5) is 16.8. The van der Waals surface area contributed by atoms with Crippen molar-refractivity contribution in [2.24, 2.45) is 0 Å². The maximum Gasteiger partial charge on any atom is 0.225 e. The summed E-state index contributed by atoms with van der Waals surface area (Å²) in [6, 6.07) is 22.8. The number of anilines is 1. The van der Waals surface area contributed by atoms with Gasteiger partial charge in [0, 0.05) is 29.5 Å². The molecular formula is C22H19N3O2S. The Morgan fingerprint density at radius 2 is 1.96 bits per heavy atom. The highest BCUT2D eigenvalue weighted by Crippen LogP contribution is 2.26. The van der Waals surface area contributed by atoms with E-state index in [4.69, 9.17) is 4.74 Å². The molecule has 0 aliphatic carbocycles. The summed E-state index contributed by atoms with van der Waals surface area (Å²) in [5.74, 6) is 1.11. The van der Waals surface area contributed by atoms with Gasteiger partial charge in [-0.1, -0.05) is 36.4 Å². The highest BCUT2D eigenvalue weighted by Gasteiger charge is 2.10. The molecule has 1 aromatic heterocycles. The lowest BCUT2D eigenvalue weighted by Gasteiger charge is -2.08. The molecule has 0 aliphatic rings. The third-order valence-corrected chi connectivity index (χ3v) is 4.96. The van der Waals surface area contributed by atoms with Gasteiger partial charge in [0.15, 0.2) is 0 Å². The van der Waals surface area contributed by atoms with Crippen molar-refractivity contribution in [3.05, 3.63) is 72.3 Å². The first-order valence-electron chi connectivity index (χ1n) is 8.73. The molecule has 0 radical (unpaired) electrons. The van der Waals surface area contributed by atoms with Gasteiger partial charge >= 0.3 is 0 Å². The summed E-state index contributed by atoms with van der Waals surface area (Å²) in [6.07, 6.45) is 0.310. The number of thioether (sulfide) groups is 1. The second-order valence-corrected chi connectivity index (χ2v) is 6.99. The van der Waals surface area contributed by atoms with Crippen molar-refractivity contribution < 1.29 is 9.53 Å². The second kappa shape index (κ2) is 9.58. The molecule has 3 aromatic rings. The third-order valence-electron chi connectivity index (χ3n) is 3.97. The van der Waals surface area contributed by atoms with Crippen LogP contribution in [0.1, 0.15) is 12.0 Å². The van der Waals surface area contributed by atoms with Crippen molar-refractivity contribution in [2.45, 2.75) is 11.4 Å². The predicted molar refractivity (Wildman–Crippen MR) is 111 cm³/mol. The lowest BCUT2D eigenvalue weighted by molar-refractivity contribution is -0.115. The van der Waals surface area contributed by atoms with Crippen LogP contribution in [0.4, 0.5) is 5.69 Å². The minimum absolute atomic E-state index is 0.0986. The summed E-state index contributed by atoms with van der Waals surface area (Å²) in [5.41, 5.74) is 3.00. The van der Waals surface area contributed by atoms with Gasteiger partial charge in [-0.2, -0.15) is 5.26 Å². The zero-order valence-electron chi connectivity index (χ0n) is 15.4. The highest BCUT2D eigenvalue weighted by molar-refractivity contribution is 7.99. The summed E-state index contributed by atoms with van der Waals surface area (Å²) in [7, 11) is 1.58. The van der Waals surface area contributed by atoms with Crippen LogP contribution in [0.25, 0.3) is 11.3 Å².